The van der Waals surface area contributed by atoms with Crippen LogP contribution >= 0.6 is 11.6 Å². The number of nitro benzene ring substituents is 1. The second-order valence-corrected chi connectivity index (χ2v) is 4.33. The van der Waals surface area contributed by atoms with Crippen molar-refractivity contribution in [3.8, 4) is 0 Å². The van der Waals surface area contributed by atoms with Gasteiger partial charge in [0.25, 0.3) is 5.69 Å². The Morgan fingerprint density at radius 3 is 2.82 bits per heavy atom. The van der Waals surface area contributed by atoms with E-state index in [1.165, 1.54) is 6.07 Å². The smallest absolute Gasteiger partial charge is 0.288 e. The summed E-state index contributed by atoms with van der Waals surface area (Å²) < 4.78 is 0. The zero-order valence-electron chi connectivity index (χ0n) is 9.73. The summed E-state index contributed by atoms with van der Waals surface area (Å²) in [7, 11) is 1.95. The molecule has 0 aliphatic rings. The summed E-state index contributed by atoms with van der Waals surface area (Å²) in [5.74, 6) is 0. The van der Waals surface area contributed by atoms with Gasteiger partial charge in [0.2, 0.25) is 0 Å². The maximum atomic E-state index is 10.7. The van der Waals surface area contributed by atoms with Gasteiger partial charge in [-0.2, -0.15) is 0 Å². The van der Waals surface area contributed by atoms with Gasteiger partial charge in [-0.25, -0.2) is 0 Å². The van der Waals surface area contributed by atoms with Crippen molar-refractivity contribution in [2.75, 3.05) is 20.1 Å². The second kappa shape index (κ2) is 6.54. The van der Waals surface area contributed by atoms with E-state index in [1.54, 1.807) is 12.1 Å². The Labute approximate surface area is 105 Å². The highest BCUT2D eigenvalue weighted by molar-refractivity contribution is 6.32. The molecule has 0 saturated heterocycles. The lowest BCUT2D eigenvalue weighted by Crippen LogP contribution is -2.21. The van der Waals surface area contributed by atoms with Crippen LogP contribution in [0.3, 0.4) is 0 Å². The molecule has 1 aromatic rings. The van der Waals surface area contributed by atoms with Crippen molar-refractivity contribution in [3.05, 3.63) is 38.9 Å². The van der Waals surface area contributed by atoms with Gasteiger partial charge >= 0.3 is 0 Å². The molecule has 0 unspecified atom stereocenters. The fourth-order valence-corrected chi connectivity index (χ4v) is 1.73. The normalized spacial score (nSPS) is 10.8. The van der Waals surface area contributed by atoms with Crippen LogP contribution in [-0.2, 0) is 6.54 Å². The zero-order valence-corrected chi connectivity index (χ0v) is 10.5. The molecule has 0 fully saturated rings. The van der Waals surface area contributed by atoms with Crippen molar-refractivity contribution >= 4 is 17.3 Å². The van der Waals surface area contributed by atoms with Crippen LogP contribution < -0.4 is 5.73 Å². The summed E-state index contributed by atoms with van der Waals surface area (Å²) in [5.41, 5.74) is 6.25. The van der Waals surface area contributed by atoms with Crippen LogP contribution in [0.25, 0.3) is 0 Å². The molecule has 0 radical (unpaired) electrons. The van der Waals surface area contributed by atoms with E-state index in [4.69, 9.17) is 17.3 Å². The standard InChI is InChI=1S/C11H16ClN3O2/c1-14(6-2-5-13)8-9-3-4-10(12)11(7-9)15(16)17/h3-4,7H,2,5-6,8,13H2,1H3. The molecule has 6 heteroatoms. The van der Waals surface area contributed by atoms with E-state index in [2.05, 4.69) is 4.90 Å². The number of nitrogens with two attached hydrogens (primary N) is 1. The van der Waals surface area contributed by atoms with Gasteiger partial charge < -0.3 is 10.6 Å². The molecule has 0 heterocycles. The van der Waals surface area contributed by atoms with Crippen molar-refractivity contribution in [3.63, 3.8) is 0 Å². The minimum absolute atomic E-state index is 0.0450. The maximum absolute atomic E-state index is 10.7. The highest BCUT2D eigenvalue weighted by Gasteiger charge is 2.13. The number of hydrogen-bond donors (Lipinski definition) is 1. The Hall–Kier alpha value is -1.17. The van der Waals surface area contributed by atoms with Gasteiger partial charge in [0.15, 0.2) is 0 Å². The summed E-state index contributed by atoms with van der Waals surface area (Å²) in [6.45, 7) is 2.16. The van der Waals surface area contributed by atoms with Crippen LogP contribution in [0, 0.1) is 10.1 Å². The number of nitrogens with zero attached hydrogens (tertiary/aromatic N) is 2. The van der Waals surface area contributed by atoms with E-state index < -0.39 is 4.92 Å². The third-order valence-electron chi connectivity index (χ3n) is 2.40. The molecular weight excluding hydrogens is 242 g/mol. The first-order chi connectivity index (χ1) is 8.04. The fourth-order valence-electron chi connectivity index (χ4n) is 1.55. The molecule has 5 nitrogen and oxygen atoms in total. The van der Waals surface area contributed by atoms with Crippen LogP contribution in [0.2, 0.25) is 5.02 Å². The molecule has 1 rings (SSSR count). The van der Waals surface area contributed by atoms with Gasteiger partial charge in [-0.3, -0.25) is 10.1 Å². The van der Waals surface area contributed by atoms with E-state index in [-0.39, 0.29) is 10.7 Å². The van der Waals surface area contributed by atoms with Gasteiger partial charge in [0.1, 0.15) is 5.02 Å². The quantitative estimate of drug-likeness (QED) is 0.625. The van der Waals surface area contributed by atoms with Crippen molar-refractivity contribution < 1.29 is 4.92 Å². The molecule has 17 heavy (non-hydrogen) atoms. The summed E-state index contributed by atoms with van der Waals surface area (Å²) >= 11 is 5.74. The number of benzene rings is 1. The lowest BCUT2D eigenvalue weighted by atomic mass is 10.2. The molecule has 2 N–H and O–H groups in total. The van der Waals surface area contributed by atoms with Crippen LogP contribution in [0.1, 0.15) is 12.0 Å². The van der Waals surface area contributed by atoms with E-state index in [9.17, 15) is 10.1 Å². The van der Waals surface area contributed by atoms with Crippen LogP contribution in [0.5, 0.6) is 0 Å². The van der Waals surface area contributed by atoms with Crippen molar-refractivity contribution in [1.82, 2.24) is 4.90 Å². The van der Waals surface area contributed by atoms with Crippen molar-refractivity contribution in [2.24, 2.45) is 5.73 Å². The predicted octanol–water partition coefficient (Wildman–Crippen LogP) is 2.03. The largest absolute Gasteiger partial charge is 0.330 e. The number of halogens is 1. The number of nitro groups is 1. The van der Waals surface area contributed by atoms with E-state index in [0.29, 0.717) is 13.1 Å². The number of hydrogen-bond acceptors (Lipinski definition) is 4. The van der Waals surface area contributed by atoms with Gasteiger partial charge in [-0.1, -0.05) is 17.7 Å². The molecule has 0 bridgehead atoms. The molecular formula is C11H16ClN3O2. The minimum atomic E-state index is -0.467. The molecule has 0 aliphatic heterocycles. The second-order valence-electron chi connectivity index (χ2n) is 3.92. The van der Waals surface area contributed by atoms with Gasteiger partial charge in [-0.15, -0.1) is 0 Å². The topological polar surface area (TPSA) is 72.4 Å². The van der Waals surface area contributed by atoms with Crippen LogP contribution in [0.15, 0.2) is 18.2 Å². The maximum Gasteiger partial charge on any atom is 0.288 e. The van der Waals surface area contributed by atoms with Gasteiger partial charge in [0.05, 0.1) is 4.92 Å². The Morgan fingerprint density at radius 2 is 2.24 bits per heavy atom. The van der Waals surface area contributed by atoms with Crippen LogP contribution in [0.4, 0.5) is 5.69 Å². The van der Waals surface area contributed by atoms with Crippen LogP contribution in [-0.4, -0.2) is 30.0 Å². The Balaban J connectivity index is 2.72. The first kappa shape index (κ1) is 13.9. The lowest BCUT2D eigenvalue weighted by Gasteiger charge is -2.15. The molecule has 0 spiro atoms. The average Bonchev–Trinajstić information content (AvgIpc) is 2.28. The summed E-state index contributed by atoms with van der Waals surface area (Å²) in [6, 6.07) is 4.88. The third kappa shape index (κ3) is 4.30. The third-order valence-corrected chi connectivity index (χ3v) is 2.72. The fraction of sp³-hybridized carbons (Fsp3) is 0.455. The Bertz CT molecular complexity index is 398. The summed E-state index contributed by atoms with van der Waals surface area (Å²) in [4.78, 5) is 12.3. The lowest BCUT2D eigenvalue weighted by molar-refractivity contribution is -0.384. The van der Waals surface area contributed by atoms with E-state index in [0.717, 1.165) is 18.5 Å². The minimum Gasteiger partial charge on any atom is -0.330 e. The van der Waals surface area contributed by atoms with E-state index >= 15 is 0 Å². The van der Waals surface area contributed by atoms with Crippen molar-refractivity contribution in [2.45, 2.75) is 13.0 Å². The SMILES string of the molecule is CN(CCCN)Cc1ccc(Cl)c([N+](=O)[O-])c1. The molecule has 0 aromatic heterocycles. The Morgan fingerprint density at radius 1 is 1.53 bits per heavy atom. The zero-order chi connectivity index (χ0) is 12.8. The van der Waals surface area contributed by atoms with Gasteiger partial charge in [0, 0.05) is 12.6 Å². The van der Waals surface area contributed by atoms with Crippen molar-refractivity contribution in [1.29, 1.82) is 0 Å². The molecule has 0 saturated carbocycles. The predicted molar refractivity (Wildman–Crippen MR) is 68.1 cm³/mol. The molecule has 0 aliphatic carbocycles. The first-order valence-corrected chi connectivity index (χ1v) is 5.74. The Kier molecular flexibility index (Phi) is 5.34. The highest BCUT2D eigenvalue weighted by Crippen LogP contribution is 2.25. The number of rotatable bonds is 6. The summed E-state index contributed by atoms with van der Waals surface area (Å²) in [6.07, 6.45) is 0.909. The van der Waals surface area contributed by atoms with Gasteiger partial charge in [-0.05, 0) is 38.2 Å². The monoisotopic (exact) mass is 257 g/mol. The molecule has 0 amide bonds. The van der Waals surface area contributed by atoms with E-state index in [1.807, 2.05) is 7.05 Å². The molecule has 94 valence electrons. The molecule has 1 aromatic carbocycles. The first-order valence-electron chi connectivity index (χ1n) is 5.36. The molecule has 0 atom stereocenters. The summed E-state index contributed by atoms with van der Waals surface area (Å²) in [5, 5.41) is 10.9. The highest BCUT2D eigenvalue weighted by atomic mass is 35.5. The average molecular weight is 258 g/mol.